The monoisotopic (exact) mass is 210 g/mol. The molecule has 0 amide bonds. The predicted octanol–water partition coefficient (Wildman–Crippen LogP) is 0.875. The molecule has 0 atom stereocenters. The van der Waals surface area contributed by atoms with Crippen molar-refractivity contribution in [3.05, 3.63) is 17.6 Å². The normalized spacial score (nSPS) is 9.93. The van der Waals surface area contributed by atoms with Gasteiger partial charge in [-0.15, -0.1) is 0 Å². The van der Waals surface area contributed by atoms with Crippen LogP contribution in [0.4, 0.5) is 5.82 Å². The van der Waals surface area contributed by atoms with Gasteiger partial charge in [-0.1, -0.05) is 12.2 Å². The van der Waals surface area contributed by atoms with Crippen molar-refractivity contribution in [3.8, 4) is 0 Å². The van der Waals surface area contributed by atoms with Gasteiger partial charge in [-0.3, -0.25) is 0 Å². The molecular weight excluding hydrogens is 196 g/mol. The van der Waals surface area contributed by atoms with E-state index in [1.54, 1.807) is 6.07 Å². The summed E-state index contributed by atoms with van der Waals surface area (Å²) in [7, 11) is 1.96. The molecule has 0 aliphatic carbocycles. The van der Waals surface area contributed by atoms with Crippen LogP contribution < -0.4 is 10.6 Å². The first kappa shape index (κ1) is 10.8. The Morgan fingerprint density at radius 3 is 2.71 bits per heavy atom. The van der Waals surface area contributed by atoms with Crippen LogP contribution in [-0.4, -0.2) is 28.5 Å². The van der Waals surface area contributed by atoms with E-state index < -0.39 is 0 Å². The molecule has 4 nitrogen and oxygen atoms in total. The largest absolute Gasteiger partial charge is 0.388 e. The maximum atomic E-state index is 5.52. The lowest BCUT2D eigenvalue weighted by Crippen LogP contribution is -2.20. The first-order valence-electron chi connectivity index (χ1n) is 4.41. The highest BCUT2D eigenvalue weighted by Crippen LogP contribution is 2.10. The van der Waals surface area contributed by atoms with Crippen molar-refractivity contribution in [2.45, 2.75) is 13.8 Å². The van der Waals surface area contributed by atoms with Gasteiger partial charge in [0, 0.05) is 19.7 Å². The summed E-state index contributed by atoms with van der Waals surface area (Å²) >= 11 is 4.87. The fraction of sp³-hybridized carbons (Fsp3) is 0.444. The predicted molar refractivity (Wildman–Crippen MR) is 61.6 cm³/mol. The van der Waals surface area contributed by atoms with Crippen molar-refractivity contribution in [2.75, 3.05) is 18.5 Å². The van der Waals surface area contributed by atoms with Crippen molar-refractivity contribution in [1.82, 2.24) is 9.97 Å². The van der Waals surface area contributed by atoms with Gasteiger partial charge in [-0.2, -0.15) is 0 Å². The van der Waals surface area contributed by atoms with E-state index in [4.69, 9.17) is 18.0 Å². The molecule has 0 saturated carbocycles. The molecule has 0 bridgehead atoms. The number of hydrogen-bond acceptors (Lipinski definition) is 4. The molecule has 76 valence electrons. The lowest BCUT2D eigenvalue weighted by Gasteiger charge is -2.16. The van der Waals surface area contributed by atoms with Gasteiger partial charge in [0.05, 0.1) is 0 Å². The highest BCUT2D eigenvalue weighted by atomic mass is 32.1. The van der Waals surface area contributed by atoms with Crippen molar-refractivity contribution in [2.24, 2.45) is 5.73 Å². The minimum atomic E-state index is 0.307. The van der Waals surface area contributed by atoms with Gasteiger partial charge in [-0.05, 0) is 13.8 Å². The van der Waals surface area contributed by atoms with Crippen LogP contribution in [0.5, 0.6) is 0 Å². The van der Waals surface area contributed by atoms with Gasteiger partial charge < -0.3 is 10.6 Å². The molecule has 0 saturated heterocycles. The van der Waals surface area contributed by atoms with Crippen LogP contribution >= 0.6 is 12.2 Å². The van der Waals surface area contributed by atoms with Crippen LogP contribution in [0.15, 0.2) is 6.07 Å². The van der Waals surface area contributed by atoms with Crippen LogP contribution in [0, 0.1) is 6.92 Å². The third-order valence-electron chi connectivity index (χ3n) is 1.94. The molecule has 1 aromatic rings. The van der Waals surface area contributed by atoms with E-state index in [2.05, 4.69) is 16.9 Å². The first-order chi connectivity index (χ1) is 6.54. The van der Waals surface area contributed by atoms with E-state index in [0.29, 0.717) is 16.5 Å². The average Bonchev–Trinajstić information content (AvgIpc) is 2.15. The minimum absolute atomic E-state index is 0.307. The SMILES string of the molecule is CCN(C)c1cc(C(N)=S)nc(C)n1. The molecule has 0 spiro atoms. The van der Waals surface area contributed by atoms with Crippen LogP contribution in [0.2, 0.25) is 0 Å². The van der Waals surface area contributed by atoms with Gasteiger partial charge in [0.1, 0.15) is 22.3 Å². The molecule has 5 heteroatoms. The van der Waals surface area contributed by atoms with Gasteiger partial charge >= 0.3 is 0 Å². The highest BCUT2D eigenvalue weighted by Gasteiger charge is 2.06. The van der Waals surface area contributed by atoms with Crippen molar-refractivity contribution in [1.29, 1.82) is 0 Å². The molecule has 0 aliphatic heterocycles. The van der Waals surface area contributed by atoms with Crippen LogP contribution in [0.25, 0.3) is 0 Å². The molecular formula is C9H14N4S. The minimum Gasteiger partial charge on any atom is -0.388 e. The molecule has 0 aliphatic rings. The summed E-state index contributed by atoms with van der Waals surface area (Å²) in [5.41, 5.74) is 6.14. The van der Waals surface area contributed by atoms with Gasteiger partial charge in [0.2, 0.25) is 0 Å². The fourth-order valence-electron chi connectivity index (χ4n) is 1.04. The van der Waals surface area contributed by atoms with Crippen molar-refractivity contribution in [3.63, 3.8) is 0 Å². The Hall–Kier alpha value is -1.23. The van der Waals surface area contributed by atoms with Crippen LogP contribution in [0.1, 0.15) is 18.4 Å². The van der Waals surface area contributed by atoms with Crippen molar-refractivity contribution >= 4 is 23.0 Å². The Labute approximate surface area is 89.2 Å². The molecule has 2 N–H and O–H groups in total. The summed E-state index contributed by atoms with van der Waals surface area (Å²) in [4.78, 5) is 10.7. The number of aromatic nitrogens is 2. The summed E-state index contributed by atoms with van der Waals surface area (Å²) in [6, 6.07) is 1.80. The van der Waals surface area contributed by atoms with Gasteiger partial charge in [0.15, 0.2) is 0 Å². The van der Waals surface area contributed by atoms with E-state index in [9.17, 15) is 0 Å². The second-order valence-corrected chi connectivity index (χ2v) is 3.48. The third kappa shape index (κ3) is 2.38. The molecule has 1 aromatic heterocycles. The van der Waals surface area contributed by atoms with E-state index in [-0.39, 0.29) is 0 Å². The molecule has 0 radical (unpaired) electrons. The number of thiocarbonyl (C=S) groups is 1. The summed E-state index contributed by atoms with van der Waals surface area (Å²) in [5, 5.41) is 0. The topological polar surface area (TPSA) is 55.0 Å². The molecule has 1 rings (SSSR count). The van der Waals surface area contributed by atoms with Gasteiger partial charge in [-0.25, -0.2) is 9.97 Å². The Morgan fingerprint density at radius 2 is 2.21 bits per heavy atom. The number of rotatable bonds is 3. The maximum absolute atomic E-state index is 5.52. The van der Waals surface area contributed by atoms with E-state index in [1.165, 1.54) is 0 Å². The number of hydrogen-bond donors (Lipinski definition) is 1. The second-order valence-electron chi connectivity index (χ2n) is 3.04. The zero-order chi connectivity index (χ0) is 10.7. The lowest BCUT2D eigenvalue weighted by atomic mass is 10.3. The molecule has 0 fully saturated rings. The summed E-state index contributed by atoms with van der Waals surface area (Å²) < 4.78 is 0. The standard InChI is InChI=1S/C9H14N4S/c1-4-13(3)8-5-7(9(10)14)11-6(2)12-8/h5H,4H2,1-3H3,(H2,10,14). The molecule has 0 aromatic carbocycles. The van der Waals surface area contributed by atoms with E-state index >= 15 is 0 Å². The summed E-state index contributed by atoms with van der Waals surface area (Å²) in [5.74, 6) is 1.54. The Balaban J connectivity index is 3.13. The number of anilines is 1. The zero-order valence-corrected chi connectivity index (χ0v) is 9.43. The Bertz CT molecular complexity index is 351. The quantitative estimate of drug-likeness (QED) is 0.750. The van der Waals surface area contributed by atoms with E-state index in [1.807, 2.05) is 18.9 Å². The molecule has 0 unspecified atom stereocenters. The van der Waals surface area contributed by atoms with Crippen LogP contribution in [-0.2, 0) is 0 Å². The molecule has 1 heterocycles. The van der Waals surface area contributed by atoms with Gasteiger partial charge in [0.25, 0.3) is 0 Å². The van der Waals surface area contributed by atoms with Crippen LogP contribution in [0.3, 0.4) is 0 Å². The summed E-state index contributed by atoms with van der Waals surface area (Å²) in [6.07, 6.45) is 0. The molecule has 14 heavy (non-hydrogen) atoms. The smallest absolute Gasteiger partial charge is 0.132 e. The highest BCUT2D eigenvalue weighted by molar-refractivity contribution is 7.80. The lowest BCUT2D eigenvalue weighted by molar-refractivity contribution is 0.909. The maximum Gasteiger partial charge on any atom is 0.132 e. The Kier molecular flexibility index (Phi) is 3.35. The number of nitrogens with zero attached hydrogens (tertiary/aromatic N) is 3. The number of aryl methyl sites for hydroxylation is 1. The average molecular weight is 210 g/mol. The third-order valence-corrected chi connectivity index (χ3v) is 2.15. The number of nitrogens with two attached hydrogens (primary N) is 1. The zero-order valence-electron chi connectivity index (χ0n) is 8.61. The second kappa shape index (κ2) is 4.32. The van der Waals surface area contributed by atoms with E-state index in [0.717, 1.165) is 12.4 Å². The first-order valence-corrected chi connectivity index (χ1v) is 4.82. The van der Waals surface area contributed by atoms with Crippen molar-refractivity contribution < 1.29 is 0 Å². The summed E-state index contributed by atoms with van der Waals surface area (Å²) in [6.45, 7) is 4.76. The Morgan fingerprint density at radius 1 is 1.57 bits per heavy atom. The fourth-order valence-corrected chi connectivity index (χ4v) is 1.14.